The van der Waals surface area contributed by atoms with Crippen LogP contribution >= 0.6 is 0 Å². The molecular formula is C17H21N3O3. The molecule has 0 spiro atoms. The molecule has 23 heavy (non-hydrogen) atoms. The van der Waals surface area contributed by atoms with Gasteiger partial charge in [-0.3, -0.25) is 14.6 Å². The smallest absolute Gasteiger partial charge is 0.293 e. The van der Waals surface area contributed by atoms with E-state index in [1.54, 1.807) is 6.20 Å². The standard InChI is InChI=1S/C17H21N3O3/c1-11-7-18-8-14(19-11)15(22)20-16-3-12-2-13(4-16)6-17(5-12,9-16)23-10-21/h7-8,10,12-13H,2-6,9H2,1H3,(H,20,22). The summed E-state index contributed by atoms with van der Waals surface area (Å²) in [6, 6.07) is 0. The molecule has 4 aliphatic carbocycles. The fourth-order valence-electron chi connectivity index (χ4n) is 5.44. The van der Waals surface area contributed by atoms with Crippen LogP contribution in [-0.2, 0) is 9.53 Å². The topological polar surface area (TPSA) is 81.2 Å². The Labute approximate surface area is 135 Å². The Morgan fingerprint density at radius 2 is 2.04 bits per heavy atom. The number of hydrogen-bond donors (Lipinski definition) is 1. The van der Waals surface area contributed by atoms with Crippen molar-refractivity contribution >= 4 is 12.4 Å². The van der Waals surface area contributed by atoms with Crippen LogP contribution in [0.4, 0.5) is 0 Å². The van der Waals surface area contributed by atoms with E-state index in [9.17, 15) is 9.59 Å². The van der Waals surface area contributed by atoms with Gasteiger partial charge in [-0.25, -0.2) is 4.98 Å². The minimum Gasteiger partial charge on any atom is -0.461 e. The number of nitrogens with zero attached hydrogens (tertiary/aromatic N) is 2. The first-order chi connectivity index (χ1) is 11.0. The number of rotatable bonds is 4. The second kappa shape index (κ2) is 5.01. The van der Waals surface area contributed by atoms with Crippen LogP contribution in [0.25, 0.3) is 0 Å². The molecule has 2 unspecified atom stereocenters. The van der Waals surface area contributed by atoms with Gasteiger partial charge in [0.2, 0.25) is 0 Å². The van der Waals surface area contributed by atoms with Crippen LogP contribution in [0.3, 0.4) is 0 Å². The molecule has 1 aromatic rings. The largest absolute Gasteiger partial charge is 0.461 e. The van der Waals surface area contributed by atoms with Gasteiger partial charge in [0.15, 0.2) is 0 Å². The zero-order valence-electron chi connectivity index (χ0n) is 13.2. The molecular weight excluding hydrogens is 294 g/mol. The van der Waals surface area contributed by atoms with Crippen LogP contribution < -0.4 is 5.32 Å². The molecule has 4 fully saturated rings. The molecule has 6 nitrogen and oxygen atoms in total. The Kier molecular flexibility index (Phi) is 3.18. The van der Waals surface area contributed by atoms with Crippen molar-refractivity contribution in [2.45, 2.75) is 56.6 Å². The summed E-state index contributed by atoms with van der Waals surface area (Å²) in [5, 5.41) is 3.21. The summed E-state index contributed by atoms with van der Waals surface area (Å²) < 4.78 is 5.51. The van der Waals surface area contributed by atoms with Crippen molar-refractivity contribution in [3.8, 4) is 0 Å². The van der Waals surface area contributed by atoms with Gasteiger partial charge in [0.1, 0.15) is 11.3 Å². The van der Waals surface area contributed by atoms with E-state index in [0.717, 1.165) is 37.8 Å². The molecule has 122 valence electrons. The molecule has 4 saturated carbocycles. The van der Waals surface area contributed by atoms with Gasteiger partial charge in [-0.2, -0.15) is 0 Å². The lowest BCUT2D eigenvalue weighted by Crippen LogP contribution is -2.66. The van der Waals surface area contributed by atoms with Crippen molar-refractivity contribution in [1.82, 2.24) is 15.3 Å². The first-order valence-electron chi connectivity index (χ1n) is 8.24. The Hall–Kier alpha value is -1.98. The summed E-state index contributed by atoms with van der Waals surface area (Å²) in [5.41, 5.74) is 0.433. The van der Waals surface area contributed by atoms with Crippen LogP contribution in [0.1, 0.15) is 54.7 Å². The molecule has 2 atom stereocenters. The number of nitrogens with one attached hydrogen (secondary N) is 1. The maximum Gasteiger partial charge on any atom is 0.293 e. The normalized spacial score (nSPS) is 37.4. The minimum atomic E-state index is -0.378. The molecule has 0 aliphatic heterocycles. The molecule has 1 N–H and O–H groups in total. The molecule has 0 saturated heterocycles. The van der Waals surface area contributed by atoms with E-state index in [-0.39, 0.29) is 17.0 Å². The fraction of sp³-hybridized carbons (Fsp3) is 0.647. The van der Waals surface area contributed by atoms with Gasteiger partial charge in [0, 0.05) is 18.2 Å². The molecule has 1 heterocycles. The molecule has 0 radical (unpaired) electrons. The van der Waals surface area contributed by atoms with Crippen LogP contribution in [0.5, 0.6) is 0 Å². The van der Waals surface area contributed by atoms with E-state index >= 15 is 0 Å². The first-order valence-corrected chi connectivity index (χ1v) is 8.24. The average Bonchev–Trinajstić information content (AvgIpc) is 2.45. The number of amides is 1. The molecule has 4 bridgehead atoms. The van der Waals surface area contributed by atoms with Crippen LogP contribution in [0.2, 0.25) is 0 Å². The maximum atomic E-state index is 12.6. The summed E-state index contributed by atoms with van der Waals surface area (Å²) in [5.74, 6) is 0.879. The summed E-state index contributed by atoms with van der Waals surface area (Å²) in [6.45, 7) is 2.40. The van der Waals surface area contributed by atoms with Gasteiger partial charge < -0.3 is 10.1 Å². The lowest BCUT2D eigenvalue weighted by atomic mass is 9.51. The molecule has 4 aliphatic rings. The van der Waals surface area contributed by atoms with Crippen LogP contribution in [0, 0.1) is 18.8 Å². The average molecular weight is 315 g/mol. The SMILES string of the molecule is Cc1cncc(C(=O)NC23CC4CC(C2)CC(OC=O)(C4)C3)n1. The molecule has 6 heteroatoms. The van der Waals surface area contributed by atoms with Gasteiger partial charge in [0.25, 0.3) is 12.4 Å². The first kappa shape index (κ1) is 14.6. The summed E-state index contributed by atoms with van der Waals surface area (Å²) >= 11 is 0. The third-order valence-electron chi connectivity index (χ3n) is 5.67. The van der Waals surface area contributed by atoms with Crippen molar-refractivity contribution in [3.63, 3.8) is 0 Å². The van der Waals surface area contributed by atoms with Crippen molar-refractivity contribution in [3.05, 3.63) is 23.8 Å². The van der Waals surface area contributed by atoms with Crippen LogP contribution in [0.15, 0.2) is 12.4 Å². The molecule has 0 aromatic carbocycles. The van der Waals surface area contributed by atoms with Gasteiger partial charge >= 0.3 is 0 Å². The summed E-state index contributed by atoms with van der Waals surface area (Å²) in [6.07, 6.45) is 8.85. The van der Waals surface area contributed by atoms with E-state index in [4.69, 9.17) is 4.74 Å². The highest BCUT2D eigenvalue weighted by Gasteiger charge is 2.59. The molecule has 1 amide bonds. The lowest BCUT2D eigenvalue weighted by molar-refractivity contribution is -0.177. The number of ether oxygens (including phenoxy) is 1. The van der Waals surface area contributed by atoms with Gasteiger partial charge in [-0.05, 0) is 50.9 Å². The van der Waals surface area contributed by atoms with Gasteiger partial charge in [-0.1, -0.05) is 0 Å². The van der Waals surface area contributed by atoms with Gasteiger partial charge in [0.05, 0.1) is 11.9 Å². The quantitative estimate of drug-likeness (QED) is 0.857. The van der Waals surface area contributed by atoms with Crippen molar-refractivity contribution in [1.29, 1.82) is 0 Å². The number of carbonyl (C=O) groups is 2. The fourth-order valence-corrected chi connectivity index (χ4v) is 5.44. The number of aromatic nitrogens is 2. The number of aryl methyl sites for hydroxylation is 1. The van der Waals surface area contributed by atoms with Crippen molar-refractivity contribution in [2.24, 2.45) is 11.8 Å². The molecule has 5 rings (SSSR count). The van der Waals surface area contributed by atoms with Crippen LogP contribution in [-0.4, -0.2) is 33.5 Å². The second-order valence-corrected chi connectivity index (χ2v) is 7.64. The predicted octanol–water partition coefficient (Wildman–Crippen LogP) is 1.78. The van der Waals surface area contributed by atoms with E-state index in [0.29, 0.717) is 24.0 Å². The highest BCUT2D eigenvalue weighted by Crippen LogP contribution is 2.58. The highest BCUT2D eigenvalue weighted by molar-refractivity contribution is 5.92. The van der Waals surface area contributed by atoms with E-state index in [1.807, 2.05) is 6.92 Å². The molecule has 1 aromatic heterocycles. The Bertz CT molecular complexity index is 646. The highest BCUT2D eigenvalue weighted by atomic mass is 16.5. The van der Waals surface area contributed by atoms with E-state index < -0.39 is 0 Å². The second-order valence-electron chi connectivity index (χ2n) is 7.64. The predicted molar refractivity (Wildman–Crippen MR) is 81.5 cm³/mol. The van der Waals surface area contributed by atoms with Gasteiger partial charge in [-0.15, -0.1) is 0 Å². The van der Waals surface area contributed by atoms with E-state index in [1.165, 1.54) is 12.6 Å². The minimum absolute atomic E-state index is 0.176. The zero-order chi connectivity index (χ0) is 16.1. The maximum absolute atomic E-state index is 12.6. The number of carbonyl (C=O) groups excluding carboxylic acids is 2. The lowest BCUT2D eigenvalue weighted by Gasteiger charge is -2.60. The Morgan fingerprint density at radius 1 is 1.30 bits per heavy atom. The summed E-state index contributed by atoms with van der Waals surface area (Å²) in [7, 11) is 0. The zero-order valence-corrected chi connectivity index (χ0v) is 13.2. The Balaban J connectivity index is 1.58. The Morgan fingerprint density at radius 3 is 2.70 bits per heavy atom. The summed E-state index contributed by atoms with van der Waals surface area (Å²) in [4.78, 5) is 31.9. The third kappa shape index (κ3) is 2.50. The third-order valence-corrected chi connectivity index (χ3v) is 5.67. The van der Waals surface area contributed by atoms with E-state index in [2.05, 4.69) is 15.3 Å². The number of hydrogen-bond acceptors (Lipinski definition) is 5. The monoisotopic (exact) mass is 315 g/mol. The van der Waals surface area contributed by atoms with Crippen molar-refractivity contribution < 1.29 is 14.3 Å². The van der Waals surface area contributed by atoms with Crippen molar-refractivity contribution in [2.75, 3.05) is 0 Å².